The van der Waals surface area contributed by atoms with Gasteiger partial charge in [0, 0.05) is 23.2 Å². The molecule has 134 valence electrons. The maximum absolute atomic E-state index is 12.8. The lowest BCUT2D eigenvalue weighted by Crippen LogP contribution is -2.25. The van der Waals surface area contributed by atoms with Crippen LogP contribution in [0.4, 0.5) is 5.69 Å². The molecule has 2 aromatic carbocycles. The third kappa shape index (κ3) is 4.01. The first kappa shape index (κ1) is 18.7. The van der Waals surface area contributed by atoms with Gasteiger partial charge in [0.1, 0.15) is 0 Å². The summed E-state index contributed by atoms with van der Waals surface area (Å²) in [5.41, 5.74) is 2.09. The van der Waals surface area contributed by atoms with Crippen molar-refractivity contribution in [2.75, 3.05) is 25.0 Å². The Balaban J connectivity index is 2.13. The van der Waals surface area contributed by atoms with Crippen molar-refractivity contribution in [3.05, 3.63) is 57.0 Å². The van der Waals surface area contributed by atoms with Gasteiger partial charge in [0.05, 0.1) is 16.6 Å². The molecule has 0 radical (unpaired) electrons. The number of fused-ring (bicyclic) bond motifs is 2. The van der Waals surface area contributed by atoms with Crippen LogP contribution in [0.2, 0.25) is 5.02 Å². The van der Waals surface area contributed by atoms with Crippen molar-refractivity contribution < 1.29 is 13.2 Å². The highest BCUT2D eigenvalue weighted by Crippen LogP contribution is 2.39. The van der Waals surface area contributed by atoms with Crippen molar-refractivity contribution in [2.45, 2.75) is 17.4 Å². The van der Waals surface area contributed by atoms with Crippen LogP contribution in [-0.2, 0) is 14.8 Å². The number of anilines is 1. The van der Waals surface area contributed by atoms with E-state index in [1.807, 2.05) is 12.1 Å². The van der Waals surface area contributed by atoms with Crippen LogP contribution in [0.3, 0.4) is 0 Å². The van der Waals surface area contributed by atoms with Crippen LogP contribution in [0, 0.1) is 0 Å². The second-order valence-electron chi connectivity index (χ2n) is 5.75. The lowest BCUT2D eigenvalue weighted by atomic mass is 9.97. The molecule has 0 saturated heterocycles. The van der Waals surface area contributed by atoms with Gasteiger partial charge < -0.3 is 10.1 Å². The second-order valence-corrected chi connectivity index (χ2v) is 8.76. The molecule has 0 aliphatic carbocycles. The summed E-state index contributed by atoms with van der Waals surface area (Å²) in [4.78, 5) is 0.191. The predicted molar refractivity (Wildman–Crippen MR) is 103 cm³/mol. The third-order valence-corrected chi connectivity index (χ3v) is 6.17. The molecule has 2 N–H and O–H groups in total. The number of sulfonamides is 1. The number of ether oxygens (including phenoxy) is 1. The van der Waals surface area contributed by atoms with E-state index < -0.39 is 10.0 Å². The molecule has 1 atom stereocenters. The van der Waals surface area contributed by atoms with Gasteiger partial charge in [-0.15, -0.1) is 0 Å². The van der Waals surface area contributed by atoms with Crippen LogP contribution >= 0.6 is 27.5 Å². The van der Waals surface area contributed by atoms with E-state index in [9.17, 15) is 8.42 Å². The summed E-state index contributed by atoms with van der Waals surface area (Å²) in [6.07, 6.45) is 0.819. The van der Waals surface area contributed by atoms with Crippen LogP contribution in [-0.4, -0.2) is 28.7 Å². The van der Waals surface area contributed by atoms with Gasteiger partial charge in [-0.05, 0) is 54.4 Å². The number of nitrogens with one attached hydrogen (secondary N) is 2. The van der Waals surface area contributed by atoms with E-state index in [2.05, 4.69) is 26.0 Å². The zero-order valence-corrected chi connectivity index (χ0v) is 16.7. The van der Waals surface area contributed by atoms with Gasteiger partial charge in [-0.2, -0.15) is 0 Å². The first-order chi connectivity index (χ1) is 11.9. The summed E-state index contributed by atoms with van der Waals surface area (Å²) >= 11 is 9.52. The van der Waals surface area contributed by atoms with Gasteiger partial charge in [-0.3, -0.25) is 4.72 Å². The highest BCUT2D eigenvalue weighted by atomic mass is 79.9. The van der Waals surface area contributed by atoms with Crippen molar-refractivity contribution >= 4 is 43.2 Å². The fourth-order valence-electron chi connectivity index (χ4n) is 2.89. The molecule has 1 unspecified atom stereocenters. The normalized spacial score (nSPS) is 18.0. The molecule has 2 aromatic rings. The second kappa shape index (κ2) is 7.63. The Morgan fingerprint density at radius 3 is 2.80 bits per heavy atom. The van der Waals surface area contributed by atoms with Crippen LogP contribution in [0.15, 0.2) is 45.8 Å². The fraction of sp³-hybridized carbons (Fsp3) is 0.294. The van der Waals surface area contributed by atoms with Crippen molar-refractivity contribution in [3.8, 4) is 0 Å². The van der Waals surface area contributed by atoms with Gasteiger partial charge in [0.25, 0.3) is 10.0 Å². The minimum absolute atomic E-state index is 0.191. The first-order valence-corrected chi connectivity index (χ1v) is 10.4. The molecule has 0 amide bonds. The number of rotatable bonds is 5. The van der Waals surface area contributed by atoms with Crippen molar-refractivity contribution in [3.63, 3.8) is 0 Å². The molecular weight excluding hydrogens is 428 g/mol. The van der Waals surface area contributed by atoms with E-state index in [0.717, 1.165) is 16.5 Å². The lowest BCUT2D eigenvalue weighted by molar-refractivity contribution is 0.193. The minimum Gasteiger partial charge on any atom is -0.385 e. The number of hydrogen-bond acceptors (Lipinski definition) is 4. The van der Waals surface area contributed by atoms with Gasteiger partial charge in [-0.1, -0.05) is 33.6 Å². The van der Waals surface area contributed by atoms with Gasteiger partial charge >= 0.3 is 0 Å². The maximum Gasteiger partial charge on any atom is 0.262 e. The van der Waals surface area contributed by atoms with Crippen molar-refractivity contribution in [1.29, 1.82) is 0 Å². The van der Waals surface area contributed by atoms with Crippen molar-refractivity contribution in [2.24, 2.45) is 0 Å². The summed E-state index contributed by atoms with van der Waals surface area (Å²) in [6.45, 7) is 1.32. The smallest absolute Gasteiger partial charge is 0.262 e. The molecular formula is C17H18BrClN2O3S. The molecule has 0 aromatic heterocycles. The number of methoxy groups -OCH3 is 1. The average molecular weight is 446 g/mol. The van der Waals surface area contributed by atoms with Crippen LogP contribution in [0.5, 0.6) is 0 Å². The zero-order valence-electron chi connectivity index (χ0n) is 13.6. The zero-order chi connectivity index (χ0) is 18.0. The van der Waals surface area contributed by atoms with E-state index in [1.165, 1.54) is 6.07 Å². The number of hydrogen-bond donors (Lipinski definition) is 2. The lowest BCUT2D eigenvalue weighted by Gasteiger charge is -2.21. The molecule has 1 aliphatic heterocycles. The van der Waals surface area contributed by atoms with Gasteiger partial charge in [0.15, 0.2) is 0 Å². The summed E-state index contributed by atoms with van der Waals surface area (Å²) in [5, 5.41) is 3.83. The molecule has 0 spiro atoms. The van der Waals surface area contributed by atoms with Crippen LogP contribution in [0.1, 0.15) is 23.6 Å². The molecule has 8 heteroatoms. The van der Waals surface area contributed by atoms with Gasteiger partial charge in [0.2, 0.25) is 0 Å². The summed E-state index contributed by atoms with van der Waals surface area (Å²) < 4.78 is 34.2. The Morgan fingerprint density at radius 1 is 1.24 bits per heavy atom. The summed E-state index contributed by atoms with van der Waals surface area (Å²) in [6, 6.07) is 10.2. The Bertz CT molecular complexity index is 889. The van der Waals surface area contributed by atoms with E-state index in [1.54, 1.807) is 25.3 Å². The summed E-state index contributed by atoms with van der Waals surface area (Å²) in [5.74, 6) is 0. The van der Waals surface area contributed by atoms with Crippen molar-refractivity contribution in [1.82, 2.24) is 5.32 Å². The van der Waals surface area contributed by atoms with Crippen LogP contribution in [0.25, 0.3) is 0 Å². The highest BCUT2D eigenvalue weighted by Gasteiger charge is 2.31. The molecule has 0 saturated carbocycles. The maximum atomic E-state index is 12.8. The van der Waals surface area contributed by atoms with E-state index >= 15 is 0 Å². The predicted octanol–water partition coefficient (Wildman–Crippen LogP) is 3.93. The molecule has 3 rings (SSSR count). The Kier molecular flexibility index (Phi) is 5.70. The quantitative estimate of drug-likeness (QED) is 0.684. The Labute approximate surface area is 160 Å². The standard InChI is InChI=1S/C17H18BrClN2O3S/c1-24-8-2-7-20-17-13-5-4-12(19)10-16(13)25(22,23)21-15-6-3-11(18)9-14(15)17/h3-6,9-10,17,20-21H,2,7-8H2,1H3. The third-order valence-electron chi connectivity index (χ3n) is 4.02. The molecule has 1 heterocycles. The molecule has 0 bridgehead atoms. The fourth-order valence-corrected chi connectivity index (χ4v) is 4.87. The molecule has 25 heavy (non-hydrogen) atoms. The SMILES string of the molecule is COCCCNC1c2cc(Br)ccc2NS(=O)(=O)c2cc(Cl)ccc21. The van der Waals surface area contributed by atoms with Gasteiger partial charge in [-0.25, -0.2) is 8.42 Å². The monoisotopic (exact) mass is 444 g/mol. The van der Waals surface area contributed by atoms with E-state index in [4.69, 9.17) is 16.3 Å². The Hall–Kier alpha value is -1.12. The number of benzene rings is 2. The largest absolute Gasteiger partial charge is 0.385 e. The first-order valence-electron chi connectivity index (χ1n) is 7.76. The summed E-state index contributed by atoms with van der Waals surface area (Å²) in [7, 11) is -2.05. The van der Waals surface area contributed by atoms with Crippen LogP contribution < -0.4 is 10.0 Å². The van der Waals surface area contributed by atoms with E-state index in [-0.39, 0.29) is 10.9 Å². The highest BCUT2D eigenvalue weighted by molar-refractivity contribution is 9.10. The topological polar surface area (TPSA) is 67.4 Å². The molecule has 0 fully saturated rings. The molecule has 1 aliphatic rings. The number of halogens is 2. The average Bonchev–Trinajstić information content (AvgIpc) is 2.65. The Morgan fingerprint density at radius 2 is 2.04 bits per heavy atom. The van der Waals surface area contributed by atoms with E-state index in [0.29, 0.717) is 29.4 Å². The minimum atomic E-state index is -3.71. The molecule has 5 nitrogen and oxygen atoms in total.